The van der Waals surface area contributed by atoms with Crippen molar-refractivity contribution < 1.29 is 4.79 Å². The van der Waals surface area contributed by atoms with Crippen LogP contribution in [0.5, 0.6) is 0 Å². The van der Waals surface area contributed by atoms with Gasteiger partial charge in [-0.1, -0.05) is 61.7 Å². The van der Waals surface area contributed by atoms with Crippen molar-refractivity contribution in [2.24, 2.45) is 5.92 Å². The Kier molecular flexibility index (Phi) is 6.68. The number of ketones is 1. The number of benzene rings is 1. The van der Waals surface area contributed by atoms with Crippen LogP contribution in [0.4, 0.5) is 0 Å². The van der Waals surface area contributed by atoms with E-state index in [4.69, 9.17) is 0 Å². The Labute approximate surface area is 128 Å². The zero-order valence-electron chi connectivity index (χ0n) is 13.1. The number of likely N-dealkylation sites (N-methyl/N-ethyl adjacent to an activating group) is 1. The van der Waals surface area contributed by atoms with Crippen LogP contribution in [0.15, 0.2) is 36.4 Å². The summed E-state index contributed by atoms with van der Waals surface area (Å²) >= 11 is 0. The Morgan fingerprint density at radius 2 is 1.90 bits per heavy atom. The number of Topliss-reactive ketones (excluding diaryl/α,β-unsaturated/α-hetero) is 1. The largest absolute Gasteiger partial charge is 0.302 e. The molecule has 114 valence electrons. The van der Waals surface area contributed by atoms with E-state index in [1.807, 2.05) is 18.2 Å². The topological polar surface area (TPSA) is 20.3 Å². The second-order valence-electron chi connectivity index (χ2n) is 6.13. The molecular formula is C19H27NO. The fourth-order valence-electron chi connectivity index (χ4n) is 2.95. The van der Waals surface area contributed by atoms with Gasteiger partial charge in [-0.3, -0.25) is 4.79 Å². The summed E-state index contributed by atoms with van der Waals surface area (Å²) in [6.45, 7) is 1.77. The van der Waals surface area contributed by atoms with Gasteiger partial charge in [0.15, 0.2) is 0 Å². The molecule has 0 aromatic heterocycles. The van der Waals surface area contributed by atoms with E-state index in [2.05, 4.69) is 36.2 Å². The van der Waals surface area contributed by atoms with Crippen LogP contribution in [-0.4, -0.2) is 30.8 Å². The molecule has 0 atom stereocenters. The van der Waals surface area contributed by atoms with E-state index < -0.39 is 0 Å². The summed E-state index contributed by atoms with van der Waals surface area (Å²) in [6, 6.07) is 10.3. The Morgan fingerprint density at radius 1 is 1.19 bits per heavy atom. The number of carbonyl (C=O) groups excluding carboxylic acids is 1. The lowest BCUT2D eigenvalue weighted by atomic mass is 9.85. The van der Waals surface area contributed by atoms with Gasteiger partial charge in [-0.25, -0.2) is 0 Å². The molecule has 1 aromatic rings. The lowest BCUT2D eigenvalue weighted by Gasteiger charge is -2.21. The Hall–Kier alpha value is -1.41. The Balaban J connectivity index is 1.66. The molecule has 0 radical (unpaired) electrons. The summed E-state index contributed by atoms with van der Waals surface area (Å²) in [7, 11) is 2.09. The van der Waals surface area contributed by atoms with Gasteiger partial charge in [0.1, 0.15) is 5.78 Å². The van der Waals surface area contributed by atoms with Gasteiger partial charge in [0.25, 0.3) is 0 Å². The van der Waals surface area contributed by atoms with Crippen molar-refractivity contribution in [3.8, 4) is 0 Å². The van der Waals surface area contributed by atoms with Gasteiger partial charge in [-0.15, -0.1) is 0 Å². The molecule has 0 N–H and O–H groups in total. The first-order valence-corrected chi connectivity index (χ1v) is 8.18. The van der Waals surface area contributed by atoms with Crippen molar-refractivity contribution >= 4 is 11.9 Å². The average molecular weight is 285 g/mol. The summed E-state index contributed by atoms with van der Waals surface area (Å²) in [6.07, 6.45) is 11.1. The lowest BCUT2D eigenvalue weighted by molar-refractivity contribution is -0.124. The quantitative estimate of drug-likeness (QED) is 0.749. The minimum atomic E-state index is 0.354. The molecule has 0 heterocycles. The van der Waals surface area contributed by atoms with Crippen molar-refractivity contribution in [3.63, 3.8) is 0 Å². The fraction of sp³-hybridized carbons (Fsp3) is 0.526. The summed E-state index contributed by atoms with van der Waals surface area (Å²) in [4.78, 5) is 14.4. The molecule has 2 nitrogen and oxygen atoms in total. The number of carbonyl (C=O) groups is 1. The van der Waals surface area contributed by atoms with Crippen LogP contribution in [0.3, 0.4) is 0 Å². The van der Waals surface area contributed by atoms with Gasteiger partial charge in [0.05, 0.1) is 0 Å². The normalized spacial score (nSPS) is 16.7. The monoisotopic (exact) mass is 285 g/mol. The van der Waals surface area contributed by atoms with Gasteiger partial charge < -0.3 is 4.90 Å². The van der Waals surface area contributed by atoms with E-state index in [9.17, 15) is 4.79 Å². The summed E-state index contributed by atoms with van der Waals surface area (Å²) in [5.74, 6) is 0.834. The van der Waals surface area contributed by atoms with E-state index >= 15 is 0 Å². The average Bonchev–Trinajstić information content (AvgIpc) is 2.54. The van der Waals surface area contributed by atoms with Crippen LogP contribution >= 0.6 is 0 Å². The van der Waals surface area contributed by atoms with E-state index in [0.29, 0.717) is 18.1 Å². The minimum Gasteiger partial charge on any atom is -0.302 e. The molecule has 0 spiro atoms. The van der Waals surface area contributed by atoms with Crippen LogP contribution in [0.25, 0.3) is 6.08 Å². The Morgan fingerprint density at radius 3 is 2.62 bits per heavy atom. The molecule has 0 unspecified atom stereocenters. The van der Waals surface area contributed by atoms with E-state index in [1.54, 1.807) is 0 Å². The van der Waals surface area contributed by atoms with Crippen molar-refractivity contribution in [2.45, 2.75) is 38.5 Å². The molecule has 1 aliphatic carbocycles. The van der Waals surface area contributed by atoms with Gasteiger partial charge in [-0.05, 0) is 25.5 Å². The van der Waals surface area contributed by atoms with Crippen molar-refractivity contribution in [1.29, 1.82) is 0 Å². The molecule has 2 heteroatoms. The first kappa shape index (κ1) is 16.0. The molecule has 2 rings (SSSR count). The standard InChI is InChI=1S/C19H27NO/c1-20(15-8-11-17-9-4-2-5-10-17)16-14-19(21)18-12-6-3-7-13-18/h2,4-5,8-11,18H,3,6-7,12-16H2,1H3/b11-8+. The maximum atomic E-state index is 12.2. The fourth-order valence-corrected chi connectivity index (χ4v) is 2.95. The highest BCUT2D eigenvalue weighted by molar-refractivity contribution is 5.81. The predicted octanol–water partition coefficient (Wildman–Crippen LogP) is 4.17. The second-order valence-corrected chi connectivity index (χ2v) is 6.13. The first-order valence-electron chi connectivity index (χ1n) is 8.18. The summed E-state index contributed by atoms with van der Waals surface area (Å²) < 4.78 is 0. The molecule has 1 aliphatic rings. The molecule has 0 amide bonds. The molecule has 0 saturated heterocycles. The third kappa shape index (κ3) is 5.84. The van der Waals surface area contributed by atoms with E-state index in [0.717, 1.165) is 25.9 Å². The molecule has 0 aliphatic heterocycles. The molecule has 0 bridgehead atoms. The predicted molar refractivity (Wildman–Crippen MR) is 89.2 cm³/mol. The van der Waals surface area contributed by atoms with Crippen molar-refractivity contribution in [3.05, 3.63) is 42.0 Å². The van der Waals surface area contributed by atoms with E-state index in [-0.39, 0.29) is 0 Å². The van der Waals surface area contributed by atoms with E-state index in [1.165, 1.54) is 24.8 Å². The maximum absolute atomic E-state index is 12.2. The SMILES string of the molecule is CN(C/C=C/c1ccccc1)CCC(=O)C1CCCCC1. The second kappa shape index (κ2) is 8.78. The van der Waals surface area contributed by atoms with Crippen LogP contribution < -0.4 is 0 Å². The summed E-state index contributed by atoms with van der Waals surface area (Å²) in [5, 5.41) is 0. The molecule has 1 aromatic carbocycles. The van der Waals surface area contributed by atoms with Gasteiger partial charge in [0, 0.05) is 25.4 Å². The third-order valence-electron chi connectivity index (χ3n) is 4.33. The zero-order chi connectivity index (χ0) is 14.9. The van der Waals surface area contributed by atoms with Crippen molar-refractivity contribution in [1.82, 2.24) is 4.90 Å². The van der Waals surface area contributed by atoms with Crippen LogP contribution in [0.2, 0.25) is 0 Å². The third-order valence-corrected chi connectivity index (χ3v) is 4.33. The number of nitrogens with zero attached hydrogens (tertiary/aromatic N) is 1. The maximum Gasteiger partial charge on any atom is 0.137 e. The van der Waals surface area contributed by atoms with Gasteiger partial charge in [-0.2, -0.15) is 0 Å². The highest BCUT2D eigenvalue weighted by Gasteiger charge is 2.20. The molecule has 21 heavy (non-hydrogen) atoms. The van der Waals surface area contributed by atoms with Crippen LogP contribution in [-0.2, 0) is 4.79 Å². The highest BCUT2D eigenvalue weighted by Crippen LogP contribution is 2.25. The molecular weight excluding hydrogens is 258 g/mol. The number of rotatable bonds is 7. The lowest BCUT2D eigenvalue weighted by Crippen LogP contribution is -2.25. The smallest absolute Gasteiger partial charge is 0.137 e. The number of hydrogen-bond donors (Lipinski definition) is 0. The molecule has 1 fully saturated rings. The van der Waals surface area contributed by atoms with Crippen molar-refractivity contribution in [2.75, 3.05) is 20.1 Å². The minimum absolute atomic E-state index is 0.354. The van der Waals surface area contributed by atoms with Crippen LogP contribution in [0.1, 0.15) is 44.1 Å². The van der Waals surface area contributed by atoms with Gasteiger partial charge in [0.2, 0.25) is 0 Å². The van der Waals surface area contributed by atoms with Gasteiger partial charge >= 0.3 is 0 Å². The van der Waals surface area contributed by atoms with Crippen LogP contribution in [0, 0.1) is 5.92 Å². The first-order chi connectivity index (χ1) is 10.3. The Bertz CT molecular complexity index is 446. The highest BCUT2D eigenvalue weighted by atomic mass is 16.1. The zero-order valence-corrected chi connectivity index (χ0v) is 13.1. The number of hydrogen-bond acceptors (Lipinski definition) is 2. The molecule has 1 saturated carbocycles. The summed E-state index contributed by atoms with van der Waals surface area (Å²) in [5.41, 5.74) is 1.23.